The van der Waals surface area contributed by atoms with Crippen molar-refractivity contribution in [3.63, 3.8) is 0 Å². The van der Waals surface area contributed by atoms with Crippen LogP contribution in [0.1, 0.15) is 58.8 Å². The topological polar surface area (TPSA) is 12.0 Å². The maximum Gasteiger partial charge on any atom is -0.00489 e. The van der Waals surface area contributed by atoms with E-state index in [1.165, 1.54) is 58.0 Å². The Morgan fingerprint density at radius 1 is 0.833 bits per heavy atom. The van der Waals surface area contributed by atoms with E-state index >= 15 is 0 Å². The maximum atomic E-state index is 3.28. The van der Waals surface area contributed by atoms with E-state index in [0.717, 1.165) is 0 Å². The zero-order valence-corrected chi connectivity index (χ0v) is 8.86. The van der Waals surface area contributed by atoms with Crippen LogP contribution in [0.4, 0.5) is 0 Å². The summed E-state index contributed by atoms with van der Waals surface area (Å²) in [6.07, 6.45) is 9.75. The zero-order chi connectivity index (χ0) is 9.07. The van der Waals surface area contributed by atoms with Crippen LogP contribution in [-0.2, 0) is 0 Å². The van der Waals surface area contributed by atoms with E-state index in [0.29, 0.717) is 0 Å². The molecule has 1 heterocycles. The van der Waals surface area contributed by atoms with Crippen molar-refractivity contribution in [3.05, 3.63) is 0 Å². The van der Waals surface area contributed by atoms with Gasteiger partial charge in [0, 0.05) is 0 Å². The predicted octanol–water partition coefficient (Wildman–Crippen LogP) is 3.35. The lowest BCUT2D eigenvalue weighted by Crippen LogP contribution is -2.21. The molecule has 0 spiro atoms. The lowest BCUT2D eigenvalue weighted by atomic mass is 10.2. The van der Waals surface area contributed by atoms with Crippen molar-refractivity contribution in [3.8, 4) is 0 Å². The molecule has 12 heavy (non-hydrogen) atoms. The van der Waals surface area contributed by atoms with Crippen LogP contribution in [0.5, 0.6) is 0 Å². The Kier molecular flexibility index (Phi) is 10.9. The van der Waals surface area contributed by atoms with Crippen LogP contribution in [-0.4, -0.2) is 13.1 Å². The normalized spacial score (nSPS) is 16.5. The summed E-state index contributed by atoms with van der Waals surface area (Å²) >= 11 is 0. The first kappa shape index (κ1) is 12.0. The zero-order valence-electron chi connectivity index (χ0n) is 8.86. The molecule has 0 bridgehead atoms. The van der Waals surface area contributed by atoms with Crippen molar-refractivity contribution < 1.29 is 0 Å². The van der Waals surface area contributed by atoms with Gasteiger partial charge in [0.1, 0.15) is 0 Å². The Bertz CT molecular complexity index is 51.9. The van der Waals surface area contributed by atoms with Crippen molar-refractivity contribution in [1.82, 2.24) is 5.32 Å². The van der Waals surface area contributed by atoms with Gasteiger partial charge in [-0.1, -0.05) is 46.0 Å². The predicted molar refractivity (Wildman–Crippen MR) is 56.5 cm³/mol. The maximum absolute atomic E-state index is 3.28. The molecule has 1 N–H and O–H groups in total. The molecular formula is C11H25N. The molecule has 0 amide bonds. The molecule has 74 valence electrons. The van der Waals surface area contributed by atoms with E-state index in [-0.39, 0.29) is 0 Å². The highest BCUT2D eigenvalue weighted by molar-refractivity contribution is 4.55. The number of hydrogen-bond acceptors (Lipinski definition) is 1. The molecular weight excluding hydrogens is 146 g/mol. The van der Waals surface area contributed by atoms with E-state index in [2.05, 4.69) is 19.2 Å². The smallest absolute Gasteiger partial charge is 0.00489 e. The Hall–Kier alpha value is -0.0400. The number of nitrogens with one attached hydrogen (secondary N) is 1. The highest BCUT2D eigenvalue weighted by Crippen LogP contribution is 1.96. The summed E-state index contributed by atoms with van der Waals surface area (Å²) in [5.74, 6) is 0. The van der Waals surface area contributed by atoms with E-state index < -0.39 is 0 Å². The lowest BCUT2D eigenvalue weighted by molar-refractivity contribution is 0.520. The second-order valence-corrected chi connectivity index (χ2v) is 3.52. The van der Waals surface area contributed by atoms with Gasteiger partial charge in [0.2, 0.25) is 0 Å². The summed E-state index contributed by atoms with van der Waals surface area (Å²) in [6, 6.07) is 0. The van der Waals surface area contributed by atoms with E-state index in [4.69, 9.17) is 0 Å². The van der Waals surface area contributed by atoms with Gasteiger partial charge in [-0.2, -0.15) is 0 Å². The molecule has 0 aromatic carbocycles. The summed E-state index contributed by atoms with van der Waals surface area (Å²) in [5, 5.41) is 3.28. The number of unbranched alkanes of at least 4 members (excludes halogenated alkanes) is 3. The second-order valence-electron chi connectivity index (χ2n) is 3.52. The molecule has 0 aliphatic carbocycles. The molecule has 0 aromatic rings. The number of rotatable bonds is 3. The third-order valence-corrected chi connectivity index (χ3v) is 2.16. The summed E-state index contributed by atoms with van der Waals surface area (Å²) in [5.41, 5.74) is 0. The Morgan fingerprint density at radius 3 is 1.50 bits per heavy atom. The molecule has 1 rings (SSSR count). The number of piperidine rings is 1. The molecule has 1 nitrogen and oxygen atoms in total. The fourth-order valence-corrected chi connectivity index (χ4v) is 1.30. The Morgan fingerprint density at radius 2 is 1.33 bits per heavy atom. The quantitative estimate of drug-likeness (QED) is 0.642. The summed E-state index contributed by atoms with van der Waals surface area (Å²) in [6.45, 7) is 6.96. The van der Waals surface area contributed by atoms with Gasteiger partial charge in [-0.15, -0.1) is 0 Å². The standard InChI is InChI=1S/C6H14.C5H11N/c1-3-5-6-4-2;1-2-4-6-5-3-1/h3-6H2,1-2H3;6H,1-5H2. The largest absolute Gasteiger partial charge is 0.317 e. The average Bonchev–Trinajstić information content (AvgIpc) is 2.18. The third-order valence-electron chi connectivity index (χ3n) is 2.16. The van der Waals surface area contributed by atoms with E-state index in [1.54, 1.807) is 0 Å². The molecule has 0 atom stereocenters. The molecule has 0 saturated carbocycles. The van der Waals surface area contributed by atoms with Gasteiger partial charge in [-0.3, -0.25) is 0 Å². The molecule has 1 saturated heterocycles. The summed E-state index contributed by atoms with van der Waals surface area (Å²) < 4.78 is 0. The van der Waals surface area contributed by atoms with Gasteiger partial charge in [0.25, 0.3) is 0 Å². The SMILES string of the molecule is C1CCNCC1.CCCCCC. The van der Waals surface area contributed by atoms with Gasteiger partial charge < -0.3 is 5.32 Å². The first-order valence-electron chi connectivity index (χ1n) is 5.62. The molecule has 1 heteroatoms. The first-order valence-corrected chi connectivity index (χ1v) is 5.62. The van der Waals surface area contributed by atoms with Crippen molar-refractivity contribution in [2.75, 3.05) is 13.1 Å². The van der Waals surface area contributed by atoms with Crippen LogP contribution >= 0.6 is 0 Å². The average molecular weight is 171 g/mol. The lowest BCUT2D eigenvalue weighted by Gasteiger charge is -2.08. The van der Waals surface area contributed by atoms with Gasteiger partial charge in [0.05, 0.1) is 0 Å². The fraction of sp³-hybridized carbons (Fsp3) is 1.00. The van der Waals surface area contributed by atoms with Crippen LogP contribution in [0.25, 0.3) is 0 Å². The fourth-order valence-electron chi connectivity index (χ4n) is 1.30. The second kappa shape index (κ2) is 11.0. The van der Waals surface area contributed by atoms with Gasteiger partial charge in [-0.25, -0.2) is 0 Å². The van der Waals surface area contributed by atoms with Gasteiger partial charge in [0.15, 0.2) is 0 Å². The van der Waals surface area contributed by atoms with E-state index in [9.17, 15) is 0 Å². The van der Waals surface area contributed by atoms with Crippen LogP contribution < -0.4 is 5.32 Å². The molecule has 0 radical (unpaired) electrons. The van der Waals surface area contributed by atoms with Crippen molar-refractivity contribution in [1.29, 1.82) is 0 Å². The molecule has 1 aliphatic heterocycles. The van der Waals surface area contributed by atoms with Gasteiger partial charge >= 0.3 is 0 Å². The van der Waals surface area contributed by atoms with Crippen LogP contribution in [0, 0.1) is 0 Å². The highest BCUT2D eigenvalue weighted by Gasteiger charge is 1.93. The monoisotopic (exact) mass is 171 g/mol. The highest BCUT2D eigenvalue weighted by atomic mass is 14.9. The first-order chi connectivity index (χ1) is 5.91. The molecule has 0 unspecified atom stereocenters. The molecule has 0 aromatic heterocycles. The van der Waals surface area contributed by atoms with Crippen molar-refractivity contribution >= 4 is 0 Å². The Labute approximate surface area is 77.9 Å². The van der Waals surface area contributed by atoms with Crippen molar-refractivity contribution in [2.45, 2.75) is 58.8 Å². The summed E-state index contributed by atoms with van der Waals surface area (Å²) in [4.78, 5) is 0. The van der Waals surface area contributed by atoms with Gasteiger partial charge in [-0.05, 0) is 25.9 Å². The minimum Gasteiger partial charge on any atom is -0.317 e. The van der Waals surface area contributed by atoms with Crippen molar-refractivity contribution in [2.24, 2.45) is 0 Å². The van der Waals surface area contributed by atoms with Crippen LogP contribution in [0.15, 0.2) is 0 Å². The van der Waals surface area contributed by atoms with Crippen LogP contribution in [0.3, 0.4) is 0 Å². The summed E-state index contributed by atoms with van der Waals surface area (Å²) in [7, 11) is 0. The molecule has 1 aliphatic rings. The third kappa shape index (κ3) is 9.96. The minimum atomic E-state index is 1.25. The van der Waals surface area contributed by atoms with Crippen LogP contribution in [0.2, 0.25) is 0 Å². The van der Waals surface area contributed by atoms with E-state index in [1.807, 2.05) is 0 Å². The molecule has 1 fully saturated rings. The number of hydrogen-bond donors (Lipinski definition) is 1. The Balaban J connectivity index is 0.000000202. The minimum absolute atomic E-state index is 1.25.